The van der Waals surface area contributed by atoms with E-state index in [0.29, 0.717) is 6.61 Å². The highest BCUT2D eigenvalue weighted by Gasteiger charge is 2.57. The number of benzene rings is 1. The minimum atomic E-state index is -0.0427. The maximum absolute atomic E-state index is 12.1. The van der Waals surface area contributed by atoms with Crippen LogP contribution in [-0.4, -0.2) is 12.6 Å². The lowest BCUT2D eigenvalue weighted by molar-refractivity contribution is -0.145. The molecule has 1 unspecified atom stereocenters. The van der Waals surface area contributed by atoms with Gasteiger partial charge in [-0.2, -0.15) is 0 Å². The molecule has 1 fully saturated rings. The summed E-state index contributed by atoms with van der Waals surface area (Å²) in [5.74, 6) is -0.00692. The van der Waals surface area contributed by atoms with Gasteiger partial charge in [-0.15, -0.1) is 0 Å². The summed E-state index contributed by atoms with van der Waals surface area (Å²) in [4.78, 5) is 12.1. The zero-order valence-electron chi connectivity index (χ0n) is 15.5. The van der Waals surface area contributed by atoms with Crippen LogP contribution in [0, 0.1) is 5.92 Å². The molecule has 0 N–H and O–H groups in total. The van der Waals surface area contributed by atoms with Crippen molar-refractivity contribution >= 4 is 5.97 Å². The van der Waals surface area contributed by atoms with E-state index in [-0.39, 0.29) is 28.1 Å². The van der Waals surface area contributed by atoms with Crippen LogP contribution in [-0.2, 0) is 25.8 Å². The molecule has 3 rings (SSSR count). The van der Waals surface area contributed by atoms with Crippen molar-refractivity contribution in [2.24, 2.45) is 5.92 Å². The predicted molar refractivity (Wildman–Crippen MR) is 93.8 cm³/mol. The summed E-state index contributed by atoms with van der Waals surface area (Å²) >= 11 is 0. The highest BCUT2D eigenvalue weighted by atomic mass is 16.5. The molecular formula is C21H30O2. The van der Waals surface area contributed by atoms with Crippen molar-refractivity contribution in [3.8, 4) is 0 Å². The smallest absolute Gasteiger partial charge is 0.309 e. The van der Waals surface area contributed by atoms with Crippen molar-refractivity contribution in [1.29, 1.82) is 0 Å². The van der Waals surface area contributed by atoms with Gasteiger partial charge in [-0.3, -0.25) is 4.79 Å². The highest BCUT2D eigenvalue weighted by molar-refractivity contribution is 5.79. The van der Waals surface area contributed by atoms with Crippen LogP contribution in [0.3, 0.4) is 0 Å². The molecule has 0 amide bonds. The standard InChI is InChI=1S/C21H30O2/c1-7-23-18(22)17-13-21(17,6)14-8-9-15-16(12-14)20(4,5)11-10-19(15,2)3/h8-9,12,17H,7,10-11,13H2,1-6H3/t17?,21-/m0/s1. The van der Waals surface area contributed by atoms with Crippen LogP contribution in [0.25, 0.3) is 0 Å². The lowest BCUT2D eigenvalue weighted by Crippen LogP contribution is -2.34. The Balaban J connectivity index is 1.97. The Morgan fingerprint density at radius 1 is 1.09 bits per heavy atom. The SMILES string of the molecule is CCOC(=O)C1C[C@@]1(C)c1ccc2c(c1)C(C)(C)CCC2(C)C. The molecule has 2 heteroatoms. The maximum atomic E-state index is 12.1. The summed E-state index contributed by atoms with van der Waals surface area (Å²) in [7, 11) is 0. The average molecular weight is 314 g/mol. The van der Waals surface area contributed by atoms with Crippen LogP contribution in [0.15, 0.2) is 18.2 Å². The van der Waals surface area contributed by atoms with Crippen LogP contribution in [0.5, 0.6) is 0 Å². The first-order chi connectivity index (χ1) is 10.6. The normalized spacial score (nSPS) is 30.4. The molecule has 2 aliphatic carbocycles. The molecule has 0 bridgehead atoms. The summed E-state index contributed by atoms with van der Waals surface area (Å²) in [5.41, 5.74) is 4.68. The monoisotopic (exact) mass is 314 g/mol. The molecule has 0 saturated heterocycles. The van der Waals surface area contributed by atoms with Gasteiger partial charge in [-0.25, -0.2) is 0 Å². The van der Waals surface area contributed by atoms with Crippen LogP contribution in [0.1, 0.15) is 77.5 Å². The zero-order chi connectivity index (χ0) is 17.0. The van der Waals surface area contributed by atoms with Gasteiger partial charge in [0.1, 0.15) is 0 Å². The molecule has 126 valence electrons. The second kappa shape index (κ2) is 5.09. The molecule has 0 spiro atoms. The summed E-state index contributed by atoms with van der Waals surface area (Å²) in [6, 6.07) is 6.95. The summed E-state index contributed by atoms with van der Waals surface area (Å²) < 4.78 is 5.23. The van der Waals surface area contributed by atoms with E-state index in [4.69, 9.17) is 4.74 Å². The van der Waals surface area contributed by atoms with Gasteiger partial charge in [0.15, 0.2) is 0 Å². The van der Waals surface area contributed by atoms with Crippen molar-refractivity contribution in [3.05, 3.63) is 34.9 Å². The lowest BCUT2D eigenvalue weighted by Gasteiger charge is -2.42. The molecule has 2 aliphatic rings. The van der Waals surface area contributed by atoms with Gasteiger partial charge in [-0.05, 0) is 53.7 Å². The third-order valence-electron chi connectivity index (χ3n) is 6.32. The molecule has 2 atom stereocenters. The second-order valence-electron chi connectivity index (χ2n) is 8.95. The molecular weight excluding hydrogens is 284 g/mol. The van der Waals surface area contributed by atoms with E-state index in [0.717, 1.165) is 6.42 Å². The minimum Gasteiger partial charge on any atom is -0.466 e. The molecule has 0 aliphatic heterocycles. The van der Waals surface area contributed by atoms with E-state index in [1.54, 1.807) is 0 Å². The van der Waals surface area contributed by atoms with Gasteiger partial charge in [0, 0.05) is 5.41 Å². The molecule has 0 aromatic heterocycles. The maximum Gasteiger partial charge on any atom is 0.309 e. The summed E-state index contributed by atoms with van der Waals surface area (Å²) in [5, 5.41) is 0. The number of carbonyl (C=O) groups excluding carboxylic acids is 1. The average Bonchev–Trinajstić information content (AvgIpc) is 3.18. The highest BCUT2D eigenvalue weighted by Crippen LogP contribution is 2.56. The van der Waals surface area contributed by atoms with Crippen LogP contribution < -0.4 is 0 Å². The molecule has 1 saturated carbocycles. The topological polar surface area (TPSA) is 26.3 Å². The zero-order valence-corrected chi connectivity index (χ0v) is 15.5. The quantitative estimate of drug-likeness (QED) is 0.744. The Morgan fingerprint density at radius 2 is 1.70 bits per heavy atom. The van der Waals surface area contributed by atoms with Crippen LogP contribution in [0.4, 0.5) is 0 Å². The van der Waals surface area contributed by atoms with Crippen molar-refractivity contribution in [1.82, 2.24) is 0 Å². The largest absolute Gasteiger partial charge is 0.466 e. The fraction of sp³-hybridized carbons (Fsp3) is 0.667. The van der Waals surface area contributed by atoms with E-state index in [2.05, 4.69) is 52.8 Å². The van der Waals surface area contributed by atoms with Gasteiger partial charge in [0.2, 0.25) is 0 Å². The first-order valence-electron chi connectivity index (χ1n) is 8.94. The van der Waals surface area contributed by atoms with E-state index >= 15 is 0 Å². The first kappa shape index (κ1) is 16.5. The molecule has 0 heterocycles. The minimum absolute atomic E-state index is 0.0280. The molecule has 1 aromatic rings. The number of esters is 1. The van der Waals surface area contributed by atoms with E-state index in [1.807, 2.05) is 6.92 Å². The number of ether oxygens (including phenoxy) is 1. The number of hydrogen-bond donors (Lipinski definition) is 0. The Kier molecular flexibility index (Phi) is 3.66. The van der Waals surface area contributed by atoms with Crippen molar-refractivity contribution in [3.63, 3.8) is 0 Å². The fourth-order valence-electron chi connectivity index (χ4n) is 4.21. The Morgan fingerprint density at radius 3 is 2.30 bits per heavy atom. The molecule has 0 radical (unpaired) electrons. The molecule has 23 heavy (non-hydrogen) atoms. The summed E-state index contributed by atoms with van der Waals surface area (Å²) in [6.45, 7) is 13.9. The van der Waals surface area contributed by atoms with E-state index < -0.39 is 0 Å². The van der Waals surface area contributed by atoms with Gasteiger partial charge < -0.3 is 4.74 Å². The van der Waals surface area contributed by atoms with Gasteiger partial charge >= 0.3 is 5.97 Å². The first-order valence-corrected chi connectivity index (χ1v) is 8.94. The van der Waals surface area contributed by atoms with Crippen LogP contribution >= 0.6 is 0 Å². The summed E-state index contributed by atoms with van der Waals surface area (Å²) in [6.07, 6.45) is 3.36. The van der Waals surface area contributed by atoms with E-state index in [9.17, 15) is 4.79 Å². The van der Waals surface area contributed by atoms with Crippen molar-refractivity contribution < 1.29 is 9.53 Å². The third kappa shape index (κ3) is 2.60. The van der Waals surface area contributed by atoms with Gasteiger partial charge in [0.05, 0.1) is 12.5 Å². The van der Waals surface area contributed by atoms with Crippen molar-refractivity contribution in [2.75, 3.05) is 6.61 Å². The van der Waals surface area contributed by atoms with E-state index in [1.165, 1.54) is 29.5 Å². The third-order valence-corrected chi connectivity index (χ3v) is 6.32. The number of rotatable bonds is 3. The van der Waals surface area contributed by atoms with Gasteiger partial charge in [-0.1, -0.05) is 52.8 Å². The Hall–Kier alpha value is -1.31. The Labute approximate surface area is 140 Å². The number of fused-ring (bicyclic) bond motifs is 1. The van der Waals surface area contributed by atoms with Crippen molar-refractivity contribution in [2.45, 2.75) is 77.0 Å². The number of carbonyl (C=O) groups is 1. The Bertz CT molecular complexity index is 641. The van der Waals surface area contributed by atoms with Gasteiger partial charge in [0.25, 0.3) is 0 Å². The predicted octanol–water partition coefficient (Wildman–Crippen LogP) is 4.88. The fourth-order valence-corrected chi connectivity index (χ4v) is 4.21. The molecule has 1 aromatic carbocycles. The molecule has 2 nitrogen and oxygen atoms in total. The van der Waals surface area contributed by atoms with Crippen LogP contribution in [0.2, 0.25) is 0 Å². The lowest BCUT2D eigenvalue weighted by atomic mass is 9.62. The second-order valence-corrected chi connectivity index (χ2v) is 8.95. The number of hydrogen-bond acceptors (Lipinski definition) is 2.